The van der Waals surface area contributed by atoms with Gasteiger partial charge in [-0.3, -0.25) is 4.79 Å². The molecule has 0 fully saturated rings. The molecule has 0 aliphatic heterocycles. The monoisotopic (exact) mass is 170 g/mol. The fraction of sp³-hybridized carbons (Fsp3) is 0.429. The maximum absolute atomic E-state index is 10.3. The second-order valence-corrected chi connectivity index (χ2v) is 3.22. The minimum Gasteiger partial charge on any atom is -0.351 e. The maximum Gasteiger partial charge on any atom is 0.185 e. The van der Waals surface area contributed by atoms with E-state index in [1.807, 2.05) is 18.9 Å². The molecule has 0 spiro atoms. The first-order valence-electron chi connectivity index (χ1n) is 3.40. The molecule has 60 valence electrons. The quantitative estimate of drug-likeness (QED) is 0.643. The molecule has 0 atom stereocenters. The first kappa shape index (κ1) is 8.20. The minimum atomic E-state index is 0.681. The van der Waals surface area contributed by atoms with Gasteiger partial charge in [0, 0.05) is 13.6 Å². The van der Waals surface area contributed by atoms with Crippen molar-refractivity contribution in [2.75, 3.05) is 18.5 Å². The van der Waals surface area contributed by atoms with E-state index in [4.69, 9.17) is 0 Å². The van der Waals surface area contributed by atoms with Gasteiger partial charge in [-0.2, -0.15) is 0 Å². The van der Waals surface area contributed by atoms with Gasteiger partial charge in [-0.15, -0.1) is 0 Å². The zero-order chi connectivity index (χ0) is 8.27. The smallest absolute Gasteiger partial charge is 0.185 e. The van der Waals surface area contributed by atoms with E-state index < -0.39 is 0 Å². The average molecular weight is 170 g/mol. The first-order chi connectivity index (χ1) is 5.27. The molecule has 0 unspecified atom stereocenters. The van der Waals surface area contributed by atoms with Gasteiger partial charge in [-0.1, -0.05) is 11.3 Å². The Morgan fingerprint density at radius 2 is 2.55 bits per heavy atom. The van der Waals surface area contributed by atoms with E-state index in [1.54, 1.807) is 6.20 Å². The lowest BCUT2D eigenvalue weighted by Gasteiger charge is -2.10. The lowest BCUT2D eigenvalue weighted by atomic mass is 10.6. The van der Waals surface area contributed by atoms with Crippen LogP contribution in [0.4, 0.5) is 5.13 Å². The van der Waals surface area contributed by atoms with Crippen molar-refractivity contribution in [2.24, 2.45) is 0 Å². The largest absolute Gasteiger partial charge is 0.351 e. The highest BCUT2D eigenvalue weighted by Gasteiger charge is 2.03. The van der Waals surface area contributed by atoms with Gasteiger partial charge in [0.1, 0.15) is 0 Å². The van der Waals surface area contributed by atoms with Crippen LogP contribution in [0, 0.1) is 0 Å². The second kappa shape index (κ2) is 3.48. The Morgan fingerprint density at radius 3 is 3.00 bits per heavy atom. The summed E-state index contributed by atoms with van der Waals surface area (Å²) in [5.74, 6) is 0. The predicted octanol–water partition coefficient (Wildman–Crippen LogP) is 1.41. The fourth-order valence-corrected chi connectivity index (χ4v) is 1.40. The summed E-state index contributed by atoms with van der Waals surface area (Å²) in [5.41, 5.74) is 0. The Balaban J connectivity index is 2.79. The Bertz CT molecular complexity index is 246. The number of hydrogen-bond acceptors (Lipinski definition) is 4. The van der Waals surface area contributed by atoms with E-state index in [2.05, 4.69) is 4.98 Å². The first-order valence-corrected chi connectivity index (χ1v) is 4.21. The van der Waals surface area contributed by atoms with Crippen LogP contribution in [0.3, 0.4) is 0 Å². The third-order valence-electron chi connectivity index (χ3n) is 1.43. The van der Waals surface area contributed by atoms with Gasteiger partial charge in [0.05, 0.1) is 11.1 Å². The van der Waals surface area contributed by atoms with Crippen LogP contribution in [-0.2, 0) is 0 Å². The van der Waals surface area contributed by atoms with Gasteiger partial charge in [0.15, 0.2) is 11.4 Å². The number of aromatic nitrogens is 1. The highest BCUT2D eigenvalue weighted by atomic mass is 32.1. The standard InChI is InChI=1S/C7H10N2OS/c1-3-9(2)7-8-4-6(5-10)11-7/h4-5H,3H2,1-2H3. The molecular formula is C7H10N2OS. The van der Waals surface area contributed by atoms with E-state index in [1.165, 1.54) is 11.3 Å². The normalized spacial score (nSPS) is 9.64. The zero-order valence-electron chi connectivity index (χ0n) is 6.57. The average Bonchev–Trinajstić information content (AvgIpc) is 2.50. The van der Waals surface area contributed by atoms with Crippen LogP contribution in [0.5, 0.6) is 0 Å². The van der Waals surface area contributed by atoms with Crippen LogP contribution in [-0.4, -0.2) is 24.9 Å². The van der Waals surface area contributed by atoms with Crippen molar-refractivity contribution < 1.29 is 4.79 Å². The number of anilines is 1. The Labute approximate surface area is 69.7 Å². The van der Waals surface area contributed by atoms with Crippen molar-refractivity contribution in [2.45, 2.75) is 6.92 Å². The van der Waals surface area contributed by atoms with E-state index in [0.717, 1.165) is 18.0 Å². The molecule has 0 N–H and O–H groups in total. The molecule has 1 rings (SSSR count). The number of thiazole rings is 1. The molecule has 0 aliphatic carbocycles. The molecule has 11 heavy (non-hydrogen) atoms. The summed E-state index contributed by atoms with van der Waals surface area (Å²) < 4.78 is 0. The topological polar surface area (TPSA) is 33.2 Å². The molecule has 0 amide bonds. The van der Waals surface area contributed by atoms with Gasteiger partial charge >= 0.3 is 0 Å². The van der Waals surface area contributed by atoms with Gasteiger partial charge in [0.25, 0.3) is 0 Å². The summed E-state index contributed by atoms with van der Waals surface area (Å²) in [6.07, 6.45) is 2.42. The van der Waals surface area contributed by atoms with E-state index in [0.29, 0.717) is 4.88 Å². The lowest BCUT2D eigenvalue weighted by Crippen LogP contribution is -2.14. The van der Waals surface area contributed by atoms with Crippen molar-refractivity contribution in [1.29, 1.82) is 0 Å². The van der Waals surface area contributed by atoms with Crippen molar-refractivity contribution in [3.63, 3.8) is 0 Å². The lowest BCUT2D eigenvalue weighted by molar-refractivity contribution is 0.112. The Kier molecular flexibility index (Phi) is 2.59. The molecule has 3 nitrogen and oxygen atoms in total. The summed E-state index contributed by atoms with van der Waals surface area (Å²) in [6, 6.07) is 0. The fourth-order valence-electron chi connectivity index (χ4n) is 0.643. The van der Waals surface area contributed by atoms with Crippen LogP contribution in [0.1, 0.15) is 16.6 Å². The zero-order valence-corrected chi connectivity index (χ0v) is 7.39. The van der Waals surface area contributed by atoms with Crippen molar-refractivity contribution in [3.8, 4) is 0 Å². The number of carbonyl (C=O) groups excluding carboxylic acids is 1. The SMILES string of the molecule is CCN(C)c1ncc(C=O)s1. The molecule has 0 saturated carbocycles. The second-order valence-electron chi connectivity index (χ2n) is 2.18. The molecule has 0 radical (unpaired) electrons. The summed E-state index contributed by atoms with van der Waals surface area (Å²) in [7, 11) is 1.95. The number of aldehydes is 1. The summed E-state index contributed by atoms with van der Waals surface area (Å²) in [4.78, 5) is 17.0. The molecular weight excluding hydrogens is 160 g/mol. The van der Waals surface area contributed by atoms with E-state index >= 15 is 0 Å². The summed E-state index contributed by atoms with van der Waals surface area (Å²) >= 11 is 1.41. The Hall–Kier alpha value is -0.900. The molecule has 1 heterocycles. The van der Waals surface area contributed by atoms with Crippen LogP contribution in [0.2, 0.25) is 0 Å². The van der Waals surface area contributed by atoms with Gasteiger partial charge in [0.2, 0.25) is 0 Å². The van der Waals surface area contributed by atoms with Crippen molar-refractivity contribution in [1.82, 2.24) is 4.98 Å². The van der Waals surface area contributed by atoms with Crippen LogP contribution >= 0.6 is 11.3 Å². The van der Waals surface area contributed by atoms with E-state index in [-0.39, 0.29) is 0 Å². The molecule has 0 aliphatic rings. The third-order valence-corrected chi connectivity index (χ3v) is 2.47. The van der Waals surface area contributed by atoms with Crippen LogP contribution in [0.25, 0.3) is 0 Å². The van der Waals surface area contributed by atoms with Crippen molar-refractivity contribution in [3.05, 3.63) is 11.1 Å². The molecule has 0 saturated heterocycles. The summed E-state index contributed by atoms with van der Waals surface area (Å²) in [6.45, 7) is 2.95. The molecule has 4 heteroatoms. The minimum absolute atomic E-state index is 0.681. The number of carbonyl (C=O) groups is 1. The van der Waals surface area contributed by atoms with Crippen LogP contribution in [0.15, 0.2) is 6.20 Å². The predicted molar refractivity (Wildman–Crippen MR) is 46.4 cm³/mol. The molecule has 1 aromatic heterocycles. The molecule has 0 bridgehead atoms. The van der Waals surface area contributed by atoms with Crippen molar-refractivity contribution >= 4 is 22.8 Å². The Morgan fingerprint density at radius 1 is 1.82 bits per heavy atom. The van der Waals surface area contributed by atoms with Gasteiger partial charge in [-0.05, 0) is 6.92 Å². The highest BCUT2D eigenvalue weighted by Crippen LogP contribution is 2.19. The summed E-state index contributed by atoms with van der Waals surface area (Å²) in [5, 5.41) is 0.898. The highest BCUT2D eigenvalue weighted by molar-refractivity contribution is 7.17. The number of hydrogen-bond donors (Lipinski definition) is 0. The number of rotatable bonds is 3. The number of nitrogens with zero attached hydrogens (tertiary/aromatic N) is 2. The van der Waals surface area contributed by atoms with Gasteiger partial charge in [-0.25, -0.2) is 4.98 Å². The third kappa shape index (κ3) is 1.77. The van der Waals surface area contributed by atoms with Crippen LogP contribution < -0.4 is 4.90 Å². The molecule has 0 aromatic carbocycles. The molecule has 1 aromatic rings. The maximum atomic E-state index is 10.3. The van der Waals surface area contributed by atoms with E-state index in [9.17, 15) is 4.79 Å². The van der Waals surface area contributed by atoms with Gasteiger partial charge < -0.3 is 4.90 Å².